The molecule has 10 nitrogen and oxygen atoms in total. The number of carbonyl (C=O) groups excluding carboxylic acids is 3. The van der Waals surface area contributed by atoms with Crippen molar-refractivity contribution in [3.63, 3.8) is 0 Å². The van der Waals surface area contributed by atoms with Crippen molar-refractivity contribution in [2.45, 2.75) is 44.3 Å². The molecule has 3 atom stereocenters. The number of rotatable bonds is 5. The van der Waals surface area contributed by atoms with Crippen LogP contribution in [-0.2, 0) is 17.8 Å². The van der Waals surface area contributed by atoms with Crippen molar-refractivity contribution in [1.29, 1.82) is 0 Å². The molecule has 3 amide bonds. The molecule has 2 aliphatic rings. The summed E-state index contributed by atoms with van der Waals surface area (Å²) in [7, 11) is 5.40. The van der Waals surface area contributed by atoms with E-state index in [-0.39, 0.29) is 28.6 Å². The van der Waals surface area contributed by atoms with Crippen LogP contribution < -0.4 is 10.6 Å². The average molecular weight is 574 g/mol. The van der Waals surface area contributed by atoms with E-state index in [9.17, 15) is 14.4 Å². The van der Waals surface area contributed by atoms with E-state index < -0.39 is 29.5 Å². The van der Waals surface area contributed by atoms with Crippen LogP contribution in [-0.4, -0.2) is 82.5 Å². The van der Waals surface area contributed by atoms with Gasteiger partial charge in [-0.3, -0.25) is 14.4 Å². The highest BCUT2D eigenvalue weighted by Gasteiger charge is 2.37. The van der Waals surface area contributed by atoms with Crippen molar-refractivity contribution in [2.24, 2.45) is 5.92 Å². The lowest BCUT2D eigenvalue weighted by Crippen LogP contribution is -2.56. The first-order valence-electron chi connectivity index (χ1n) is 12.7. The van der Waals surface area contributed by atoms with Gasteiger partial charge < -0.3 is 20.4 Å². The number of likely N-dealkylation sites (N-methyl/N-ethyl adjacent to an activating group) is 1. The quantitative estimate of drug-likeness (QED) is 0.481. The van der Waals surface area contributed by atoms with E-state index in [4.69, 9.17) is 11.6 Å². The lowest BCUT2D eigenvalue weighted by Gasteiger charge is -2.37. The van der Waals surface area contributed by atoms with Gasteiger partial charge in [0.1, 0.15) is 0 Å². The zero-order valence-electron chi connectivity index (χ0n) is 21.8. The molecule has 13 heteroatoms. The van der Waals surface area contributed by atoms with Gasteiger partial charge in [-0.15, -0.1) is 21.5 Å². The number of halogens is 2. The molecule has 2 N–H and O–H groups in total. The molecule has 39 heavy (non-hydrogen) atoms. The molecular weight excluding hydrogens is 545 g/mol. The van der Waals surface area contributed by atoms with Gasteiger partial charge in [0.05, 0.1) is 17.3 Å². The first-order valence-corrected chi connectivity index (χ1v) is 13.9. The predicted octanol–water partition coefficient (Wildman–Crippen LogP) is 2.65. The van der Waals surface area contributed by atoms with Crippen LogP contribution in [0.2, 0.25) is 5.02 Å². The Morgan fingerprint density at radius 3 is 2.67 bits per heavy atom. The standard InChI is InChI=1S/C26H29ClFN7O3S/c1-34(2)26(38)13-4-7-16(29-23(36)22-21(28)15-6-5-14(27)11-18(15)32-33-22)19(10-13)30-24(37)25-31-17-8-9-35(3)12-20(17)39-25/h5-6,11,13,16,19H,4,7-10,12H2,1-3H3,(H,29,36)(H,30,37)/t13-,16-,19+/m0/s1. The summed E-state index contributed by atoms with van der Waals surface area (Å²) in [5.74, 6) is -2.26. The van der Waals surface area contributed by atoms with Gasteiger partial charge in [0.15, 0.2) is 16.5 Å². The number of amides is 3. The summed E-state index contributed by atoms with van der Waals surface area (Å²) >= 11 is 7.32. The van der Waals surface area contributed by atoms with Gasteiger partial charge in [0.25, 0.3) is 11.8 Å². The molecule has 0 bridgehead atoms. The van der Waals surface area contributed by atoms with Gasteiger partial charge >= 0.3 is 0 Å². The summed E-state index contributed by atoms with van der Waals surface area (Å²) in [5.41, 5.74) is 0.726. The fourth-order valence-corrected chi connectivity index (χ4v) is 6.43. The summed E-state index contributed by atoms with van der Waals surface area (Å²) in [5, 5.41) is 14.4. The molecule has 2 aromatic heterocycles. The van der Waals surface area contributed by atoms with Crippen LogP contribution in [0.15, 0.2) is 18.2 Å². The zero-order chi connectivity index (χ0) is 27.8. The van der Waals surface area contributed by atoms with Gasteiger partial charge in [0, 0.05) is 60.9 Å². The van der Waals surface area contributed by atoms with E-state index in [1.807, 2.05) is 7.05 Å². The van der Waals surface area contributed by atoms with Crippen molar-refractivity contribution in [3.05, 3.63) is 50.3 Å². The highest BCUT2D eigenvalue weighted by atomic mass is 35.5. The van der Waals surface area contributed by atoms with Crippen LogP contribution in [0.25, 0.3) is 10.9 Å². The molecule has 0 saturated heterocycles. The second kappa shape index (κ2) is 11.1. The Kier molecular flexibility index (Phi) is 7.79. The number of fused-ring (bicyclic) bond motifs is 2. The number of thiazole rings is 1. The second-order valence-corrected chi connectivity index (χ2v) is 11.8. The summed E-state index contributed by atoms with van der Waals surface area (Å²) < 4.78 is 15.2. The Labute approximate surface area is 233 Å². The zero-order valence-corrected chi connectivity index (χ0v) is 23.4. The van der Waals surface area contributed by atoms with Crippen molar-refractivity contribution in [2.75, 3.05) is 27.7 Å². The van der Waals surface area contributed by atoms with Gasteiger partial charge in [-0.05, 0) is 44.5 Å². The maximum absolute atomic E-state index is 15.2. The van der Waals surface area contributed by atoms with Crippen LogP contribution >= 0.6 is 22.9 Å². The number of benzene rings is 1. The van der Waals surface area contributed by atoms with Gasteiger partial charge in [-0.1, -0.05) is 11.6 Å². The number of hydrogen-bond acceptors (Lipinski definition) is 8. The minimum Gasteiger partial charge on any atom is -0.349 e. The van der Waals surface area contributed by atoms with Crippen molar-refractivity contribution < 1.29 is 18.8 Å². The monoisotopic (exact) mass is 573 g/mol. The molecule has 1 aromatic carbocycles. The van der Waals surface area contributed by atoms with E-state index >= 15 is 4.39 Å². The third kappa shape index (κ3) is 5.73. The topological polar surface area (TPSA) is 120 Å². The Bertz CT molecular complexity index is 1450. The van der Waals surface area contributed by atoms with Crippen LogP contribution in [0.3, 0.4) is 0 Å². The molecule has 5 rings (SSSR count). The maximum atomic E-state index is 15.2. The van der Waals surface area contributed by atoms with E-state index in [1.165, 1.54) is 34.4 Å². The van der Waals surface area contributed by atoms with Crippen molar-refractivity contribution in [3.8, 4) is 0 Å². The lowest BCUT2D eigenvalue weighted by molar-refractivity contribution is -0.134. The predicted molar refractivity (Wildman–Crippen MR) is 145 cm³/mol. The number of aromatic nitrogens is 3. The normalized spacial score (nSPS) is 21.3. The minimum atomic E-state index is -0.801. The molecule has 1 fully saturated rings. The third-order valence-corrected chi connectivity index (χ3v) is 8.58. The molecule has 0 radical (unpaired) electrons. The molecular formula is C26H29ClFN7O3S. The fourth-order valence-electron chi connectivity index (χ4n) is 5.17. The summed E-state index contributed by atoms with van der Waals surface area (Å²) in [6, 6.07) is 3.32. The molecule has 1 aliphatic carbocycles. The Morgan fingerprint density at radius 1 is 1.13 bits per heavy atom. The first kappa shape index (κ1) is 27.4. The Morgan fingerprint density at radius 2 is 1.90 bits per heavy atom. The summed E-state index contributed by atoms with van der Waals surface area (Å²) in [6.07, 6.45) is 2.03. The van der Waals surface area contributed by atoms with E-state index in [0.717, 1.165) is 30.1 Å². The Hall–Kier alpha value is -3.22. The number of hydrogen-bond donors (Lipinski definition) is 2. The third-order valence-electron chi connectivity index (χ3n) is 7.27. The highest BCUT2D eigenvalue weighted by Crippen LogP contribution is 2.29. The first-order chi connectivity index (χ1) is 18.6. The van der Waals surface area contributed by atoms with E-state index in [0.29, 0.717) is 29.3 Å². The fraction of sp³-hybridized carbons (Fsp3) is 0.462. The van der Waals surface area contributed by atoms with E-state index in [2.05, 4.69) is 30.7 Å². The summed E-state index contributed by atoms with van der Waals surface area (Å²) in [4.78, 5) is 48.5. The molecule has 3 heterocycles. The Balaban J connectivity index is 1.36. The van der Waals surface area contributed by atoms with Gasteiger partial charge in [-0.2, -0.15) is 0 Å². The largest absolute Gasteiger partial charge is 0.349 e. The van der Waals surface area contributed by atoms with Crippen molar-refractivity contribution >= 4 is 51.6 Å². The molecule has 206 valence electrons. The molecule has 0 unspecified atom stereocenters. The lowest BCUT2D eigenvalue weighted by atomic mass is 9.81. The van der Waals surface area contributed by atoms with Crippen LogP contribution in [0.1, 0.15) is 50.1 Å². The van der Waals surface area contributed by atoms with Crippen LogP contribution in [0.4, 0.5) is 4.39 Å². The molecule has 1 aliphatic heterocycles. The van der Waals surface area contributed by atoms with E-state index in [1.54, 1.807) is 14.1 Å². The number of nitrogens with one attached hydrogen (secondary N) is 2. The number of carbonyl (C=O) groups is 3. The van der Waals surface area contributed by atoms with Gasteiger partial charge in [0.2, 0.25) is 5.91 Å². The second-order valence-electron chi connectivity index (χ2n) is 10.3. The van der Waals surface area contributed by atoms with Crippen LogP contribution in [0.5, 0.6) is 0 Å². The van der Waals surface area contributed by atoms with Gasteiger partial charge in [-0.25, -0.2) is 9.37 Å². The smallest absolute Gasteiger partial charge is 0.280 e. The molecule has 1 saturated carbocycles. The van der Waals surface area contributed by atoms with Crippen LogP contribution in [0, 0.1) is 11.7 Å². The van der Waals surface area contributed by atoms with Crippen molar-refractivity contribution in [1.82, 2.24) is 35.6 Å². The number of nitrogens with zero attached hydrogens (tertiary/aromatic N) is 5. The molecule has 3 aromatic rings. The SMILES string of the molecule is CN1CCc2nc(C(=O)N[C@@H]3C[C@@H](C(=O)N(C)C)CC[C@@H]3NC(=O)c3nnc4cc(Cl)ccc4c3F)sc2C1. The summed E-state index contributed by atoms with van der Waals surface area (Å²) in [6.45, 7) is 1.62. The maximum Gasteiger partial charge on any atom is 0.280 e. The molecule has 0 spiro atoms. The minimum absolute atomic E-state index is 0.0446. The highest BCUT2D eigenvalue weighted by molar-refractivity contribution is 7.13. The average Bonchev–Trinajstić information content (AvgIpc) is 3.32.